The molecule has 2 aliphatic rings. The molecule has 5 nitrogen and oxygen atoms in total. The molecule has 2 amide bonds. The van der Waals surface area contributed by atoms with Gasteiger partial charge >= 0.3 is 0 Å². The number of carbonyl (C=O) groups excluding carboxylic acids is 2. The van der Waals surface area contributed by atoms with Crippen molar-refractivity contribution in [3.05, 3.63) is 30.3 Å². The molecular weight excluding hydrogens is 254 g/mol. The molecule has 1 aromatic rings. The summed E-state index contributed by atoms with van der Waals surface area (Å²) in [5.41, 5.74) is 5.81. The van der Waals surface area contributed by atoms with E-state index in [1.54, 1.807) is 4.90 Å². The lowest BCUT2D eigenvalue weighted by atomic mass is 9.70. The quantitative estimate of drug-likeness (QED) is 0.824. The lowest BCUT2D eigenvalue weighted by Gasteiger charge is -2.35. The molecular formula is C15H19N3O2. The van der Waals surface area contributed by atoms with E-state index in [2.05, 4.69) is 5.32 Å². The largest absolute Gasteiger partial charge is 0.369 e. The van der Waals surface area contributed by atoms with Crippen LogP contribution in [0.1, 0.15) is 12.8 Å². The minimum Gasteiger partial charge on any atom is -0.369 e. The predicted octanol–water partition coefficient (Wildman–Crippen LogP) is 0.504. The Bertz CT molecular complexity index is 523. The maximum absolute atomic E-state index is 12.9. The fourth-order valence-electron chi connectivity index (χ4n) is 3.49. The zero-order valence-corrected chi connectivity index (χ0v) is 11.3. The van der Waals surface area contributed by atoms with Crippen molar-refractivity contribution in [1.29, 1.82) is 0 Å². The highest BCUT2D eigenvalue weighted by atomic mass is 16.2. The Morgan fingerprint density at radius 3 is 2.50 bits per heavy atom. The summed E-state index contributed by atoms with van der Waals surface area (Å²) < 4.78 is 0. The summed E-state index contributed by atoms with van der Waals surface area (Å²) in [6.07, 6.45) is 1.37. The van der Waals surface area contributed by atoms with Crippen LogP contribution in [-0.4, -0.2) is 31.4 Å². The molecule has 0 aromatic heterocycles. The van der Waals surface area contributed by atoms with Gasteiger partial charge in [0, 0.05) is 12.2 Å². The number of carbonyl (C=O) groups is 2. The van der Waals surface area contributed by atoms with Crippen LogP contribution in [0.25, 0.3) is 0 Å². The normalized spacial score (nSPS) is 25.1. The van der Waals surface area contributed by atoms with Gasteiger partial charge in [-0.1, -0.05) is 18.2 Å². The molecule has 1 aromatic carbocycles. The summed E-state index contributed by atoms with van der Waals surface area (Å²) in [5, 5.41) is 3.25. The van der Waals surface area contributed by atoms with Gasteiger partial charge in [-0.25, -0.2) is 0 Å². The highest BCUT2D eigenvalue weighted by Gasteiger charge is 2.56. The highest BCUT2D eigenvalue weighted by Crippen LogP contribution is 2.45. The first kappa shape index (κ1) is 13.1. The SMILES string of the molecule is NC(=O)C1CN(c2ccccc2)C(=O)C12CCNCC2. The molecule has 5 heteroatoms. The van der Waals surface area contributed by atoms with E-state index in [-0.39, 0.29) is 11.8 Å². The smallest absolute Gasteiger partial charge is 0.234 e. The van der Waals surface area contributed by atoms with Crippen LogP contribution in [0.4, 0.5) is 5.69 Å². The fraction of sp³-hybridized carbons (Fsp3) is 0.467. The van der Waals surface area contributed by atoms with Gasteiger partial charge in [0.1, 0.15) is 0 Å². The Kier molecular flexibility index (Phi) is 3.22. The van der Waals surface area contributed by atoms with Crippen molar-refractivity contribution in [2.24, 2.45) is 17.1 Å². The number of nitrogens with one attached hydrogen (secondary N) is 1. The van der Waals surface area contributed by atoms with Gasteiger partial charge < -0.3 is 16.0 Å². The molecule has 20 heavy (non-hydrogen) atoms. The standard InChI is InChI=1S/C15H19N3O2/c16-13(19)12-10-18(11-4-2-1-3-5-11)14(20)15(12)6-8-17-9-7-15/h1-5,12,17H,6-10H2,(H2,16,19). The van der Waals surface area contributed by atoms with Gasteiger partial charge in [-0.2, -0.15) is 0 Å². The first-order valence-electron chi connectivity index (χ1n) is 7.02. The summed E-state index contributed by atoms with van der Waals surface area (Å²) in [6.45, 7) is 1.93. The maximum atomic E-state index is 12.9. The Labute approximate surface area is 118 Å². The van der Waals surface area contributed by atoms with Crippen molar-refractivity contribution in [2.75, 3.05) is 24.5 Å². The minimum atomic E-state index is -0.604. The van der Waals surface area contributed by atoms with Crippen LogP contribution in [0, 0.1) is 11.3 Å². The van der Waals surface area contributed by atoms with Gasteiger partial charge in [0.2, 0.25) is 11.8 Å². The highest BCUT2D eigenvalue weighted by molar-refractivity contribution is 6.04. The summed E-state index contributed by atoms with van der Waals surface area (Å²) in [5.74, 6) is -0.704. The number of nitrogens with two attached hydrogens (primary N) is 1. The number of piperidine rings is 1. The van der Waals surface area contributed by atoms with Crippen molar-refractivity contribution in [1.82, 2.24) is 5.32 Å². The molecule has 106 valence electrons. The zero-order valence-electron chi connectivity index (χ0n) is 11.3. The van der Waals surface area contributed by atoms with Gasteiger partial charge in [-0.15, -0.1) is 0 Å². The lowest BCUT2D eigenvalue weighted by molar-refractivity contribution is -0.135. The number of para-hydroxylation sites is 1. The van der Waals surface area contributed by atoms with Crippen molar-refractivity contribution in [3.8, 4) is 0 Å². The monoisotopic (exact) mass is 273 g/mol. The molecule has 0 bridgehead atoms. The van der Waals surface area contributed by atoms with Crippen LogP contribution in [0.5, 0.6) is 0 Å². The molecule has 0 saturated carbocycles. The van der Waals surface area contributed by atoms with Crippen molar-refractivity contribution < 1.29 is 9.59 Å². The second-order valence-electron chi connectivity index (χ2n) is 5.61. The molecule has 0 aliphatic carbocycles. The van der Waals surface area contributed by atoms with Crippen LogP contribution in [0.15, 0.2) is 30.3 Å². The molecule has 1 atom stereocenters. The first-order chi connectivity index (χ1) is 9.65. The van der Waals surface area contributed by atoms with Crippen molar-refractivity contribution in [2.45, 2.75) is 12.8 Å². The molecule has 2 heterocycles. The molecule has 2 saturated heterocycles. The maximum Gasteiger partial charge on any atom is 0.234 e. The van der Waals surface area contributed by atoms with E-state index in [1.807, 2.05) is 30.3 Å². The summed E-state index contributed by atoms with van der Waals surface area (Å²) in [4.78, 5) is 26.4. The third-order valence-corrected chi connectivity index (χ3v) is 4.61. The Hall–Kier alpha value is -1.88. The topological polar surface area (TPSA) is 75.4 Å². The summed E-state index contributed by atoms with van der Waals surface area (Å²) in [7, 11) is 0. The number of rotatable bonds is 2. The van der Waals surface area contributed by atoms with Gasteiger partial charge in [-0.3, -0.25) is 9.59 Å². The van der Waals surface area contributed by atoms with E-state index in [9.17, 15) is 9.59 Å². The van der Waals surface area contributed by atoms with Crippen molar-refractivity contribution in [3.63, 3.8) is 0 Å². The van der Waals surface area contributed by atoms with Gasteiger partial charge in [0.15, 0.2) is 0 Å². The van der Waals surface area contributed by atoms with Crippen LogP contribution in [0.3, 0.4) is 0 Å². The number of hydrogen-bond donors (Lipinski definition) is 2. The molecule has 3 rings (SSSR count). The number of nitrogens with zero attached hydrogens (tertiary/aromatic N) is 1. The van der Waals surface area contributed by atoms with Crippen LogP contribution in [-0.2, 0) is 9.59 Å². The Morgan fingerprint density at radius 1 is 1.25 bits per heavy atom. The van der Waals surface area contributed by atoms with Crippen molar-refractivity contribution >= 4 is 17.5 Å². The third-order valence-electron chi connectivity index (χ3n) is 4.61. The average molecular weight is 273 g/mol. The summed E-state index contributed by atoms with van der Waals surface area (Å²) >= 11 is 0. The minimum absolute atomic E-state index is 0.0500. The fourth-order valence-corrected chi connectivity index (χ4v) is 3.49. The molecule has 0 radical (unpaired) electrons. The second kappa shape index (κ2) is 4.90. The second-order valence-corrected chi connectivity index (χ2v) is 5.61. The molecule has 3 N–H and O–H groups in total. The van der Waals surface area contributed by atoms with E-state index in [0.717, 1.165) is 18.8 Å². The Morgan fingerprint density at radius 2 is 1.90 bits per heavy atom. The predicted molar refractivity (Wildman–Crippen MR) is 76.0 cm³/mol. The van der Waals surface area contributed by atoms with E-state index in [1.165, 1.54) is 0 Å². The van der Waals surface area contributed by atoms with Crippen LogP contribution >= 0.6 is 0 Å². The van der Waals surface area contributed by atoms with E-state index in [4.69, 9.17) is 5.73 Å². The van der Waals surface area contributed by atoms with Crippen LogP contribution < -0.4 is 16.0 Å². The van der Waals surface area contributed by atoms with Crippen LogP contribution in [0.2, 0.25) is 0 Å². The average Bonchev–Trinajstić information content (AvgIpc) is 2.75. The van der Waals surface area contributed by atoms with Gasteiger partial charge in [0.25, 0.3) is 0 Å². The Balaban J connectivity index is 1.97. The first-order valence-corrected chi connectivity index (χ1v) is 7.02. The lowest BCUT2D eigenvalue weighted by Crippen LogP contribution is -2.48. The number of benzene rings is 1. The van der Waals surface area contributed by atoms with Gasteiger partial charge in [-0.05, 0) is 38.1 Å². The third kappa shape index (κ3) is 1.89. The molecule has 2 aliphatic heterocycles. The number of amides is 2. The van der Waals surface area contributed by atoms with E-state index < -0.39 is 11.3 Å². The molecule has 2 fully saturated rings. The molecule has 1 spiro atoms. The number of primary amides is 1. The number of anilines is 1. The van der Waals surface area contributed by atoms with Gasteiger partial charge in [0.05, 0.1) is 11.3 Å². The van der Waals surface area contributed by atoms with E-state index in [0.29, 0.717) is 19.4 Å². The molecule has 1 unspecified atom stereocenters. The zero-order chi connectivity index (χ0) is 14.2. The number of hydrogen-bond acceptors (Lipinski definition) is 3. The van der Waals surface area contributed by atoms with E-state index >= 15 is 0 Å². The summed E-state index contributed by atoms with van der Waals surface area (Å²) in [6, 6.07) is 9.51.